The third-order valence-corrected chi connectivity index (χ3v) is 6.17. The predicted molar refractivity (Wildman–Crippen MR) is 144 cm³/mol. The molecule has 2 aromatic heterocycles. The molecule has 0 aliphatic rings. The molecule has 0 aliphatic heterocycles. The Balaban J connectivity index is 1.50. The Bertz CT molecular complexity index is 1610. The fourth-order valence-corrected chi connectivity index (χ4v) is 4.38. The van der Waals surface area contributed by atoms with E-state index in [1.54, 1.807) is 26.6 Å². The van der Waals surface area contributed by atoms with Crippen LogP contribution in [0.15, 0.2) is 83.5 Å². The second-order valence-corrected chi connectivity index (χ2v) is 8.57. The number of benzene rings is 3. The van der Waals surface area contributed by atoms with Gasteiger partial charge in [-0.15, -0.1) is 0 Å². The summed E-state index contributed by atoms with van der Waals surface area (Å²) >= 11 is 0. The topological polar surface area (TPSA) is 73.6 Å². The number of nitrogens with one attached hydrogen (secondary N) is 1. The number of carbonyl (C=O) groups is 1. The fraction of sp³-hybridized carbons (Fsp3) is 0.133. The first-order chi connectivity index (χ1) is 17.5. The molecule has 0 atom stereocenters. The molecule has 6 nitrogen and oxygen atoms in total. The van der Waals surface area contributed by atoms with Crippen LogP contribution < -0.4 is 14.8 Å². The highest BCUT2D eigenvalue weighted by Gasteiger charge is 2.15. The van der Waals surface area contributed by atoms with E-state index in [9.17, 15) is 4.79 Å². The number of rotatable bonds is 6. The minimum atomic E-state index is -0.229. The van der Waals surface area contributed by atoms with Crippen molar-refractivity contribution in [3.63, 3.8) is 0 Å². The first-order valence-electron chi connectivity index (χ1n) is 11.6. The van der Waals surface area contributed by atoms with Crippen LogP contribution in [0.3, 0.4) is 0 Å². The summed E-state index contributed by atoms with van der Waals surface area (Å²) in [4.78, 5) is 17.6. The van der Waals surface area contributed by atoms with Crippen LogP contribution in [0.5, 0.6) is 11.5 Å². The molecule has 1 N–H and O–H groups in total. The number of methoxy groups -OCH3 is 2. The molecule has 0 saturated carbocycles. The predicted octanol–water partition coefficient (Wildman–Crippen LogP) is 7.02. The number of para-hydroxylation sites is 1. The average Bonchev–Trinajstić information content (AvgIpc) is 3.30. The van der Waals surface area contributed by atoms with Gasteiger partial charge in [-0.1, -0.05) is 30.3 Å². The molecule has 3 aromatic carbocycles. The van der Waals surface area contributed by atoms with Gasteiger partial charge in [0.15, 0.2) is 0 Å². The minimum absolute atomic E-state index is 0.229. The van der Waals surface area contributed by atoms with E-state index in [1.165, 1.54) is 0 Å². The number of fused-ring (bicyclic) bond motifs is 2. The summed E-state index contributed by atoms with van der Waals surface area (Å²) < 4.78 is 16.7. The molecule has 0 bridgehead atoms. The van der Waals surface area contributed by atoms with Gasteiger partial charge in [0.25, 0.3) is 0 Å². The lowest BCUT2D eigenvalue weighted by Gasteiger charge is -2.11. The van der Waals surface area contributed by atoms with Gasteiger partial charge in [-0.25, -0.2) is 0 Å². The van der Waals surface area contributed by atoms with Crippen LogP contribution in [0.1, 0.15) is 18.2 Å². The van der Waals surface area contributed by atoms with Gasteiger partial charge in [-0.2, -0.15) is 0 Å². The van der Waals surface area contributed by atoms with E-state index in [0.29, 0.717) is 11.3 Å². The lowest BCUT2D eigenvalue weighted by molar-refractivity contribution is -0.111. The first-order valence-corrected chi connectivity index (χ1v) is 11.6. The quantitative estimate of drug-likeness (QED) is 0.266. The minimum Gasteiger partial charge on any atom is -0.497 e. The Morgan fingerprint density at radius 2 is 1.75 bits per heavy atom. The third kappa shape index (κ3) is 4.41. The lowest BCUT2D eigenvalue weighted by Crippen LogP contribution is -2.09. The molecule has 0 fully saturated rings. The smallest absolute Gasteiger partial charge is 0.248 e. The van der Waals surface area contributed by atoms with E-state index < -0.39 is 0 Å². The van der Waals surface area contributed by atoms with Crippen LogP contribution in [-0.2, 0) is 4.79 Å². The SMILES string of the molecule is COc1ccc(-c2coc3cc(OC)c(/C(C)=C/C(=O)Nc4cc(C)nc5ccccc45)cc23)cc1. The normalized spacial score (nSPS) is 11.6. The Morgan fingerprint density at radius 1 is 0.972 bits per heavy atom. The van der Waals surface area contributed by atoms with Crippen LogP contribution in [-0.4, -0.2) is 25.1 Å². The van der Waals surface area contributed by atoms with E-state index in [-0.39, 0.29) is 5.91 Å². The zero-order valence-electron chi connectivity index (χ0n) is 20.6. The van der Waals surface area contributed by atoms with E-state index in [4.69, 9.17) is 13.9 Å². The number of ether oxygens (including phenoxy) is 2. The van der Waals surface area contributed by atoms with Crippen LogP contribution in [0.2, 0.25) is 0 Å². The number of amides is 1. The van der Waals surface area contributed by atoms with Crippen LogP contribution >= 0.6 is 0 Å². The molecule has 6 heteroatoms. The summed E-state index contributed by atoms with van der Waals surface area (Å²) in [5.41, 5.74) is 6.64. The number of furan rings is 1. The van der Waals surface area contributed by atoms with Crippen molar-refractivity contribution in [2.75, 3.05) is 19.5 Å². The van der Waals surface area contributed by atoms with Crippen LogP contribution in [0.4, 0.5) is 5.69 Å². The van der Waals surface area contributed by atoms with Crippen LogP contribution in [0.25, 0.3) is 38.6 Å². The molecule has 1 amide bonds. The van der Waals surface area contributed by atoms with Gasteiger partial charge in [0.1, 0.15) is 17.1 Å². The zero-order valence-corrected chi connectivity index (χ0v) is 20.6. The lowest BCUT2D eigenvalue weighted by atomic mass is 9.99. The largest absolute Gasteiger partial charge is 0.497 e. The summed E-state index contributed by atoms with van der Waals surface area (Å²) in [6, 6.07) is 21.3. The van der Waals surface area contributed by atoms with Gasteiger partial charge < -0.3 is 19.2 Å². The van der Waals surface area contributed by atoms with Crippen molar-refractivity contribution >= 4 is 39.0 Å². The summed E-state index contributed by atoms with van der Waals surface area (Å²) in [6.45, 7) is 3.81. The maximum Gasteiger partial charge on any atom is 0.248 e. The van der Waals surface area contributed by atoms with Crippen molar-refractivity contribution in [1.82, 2.24) is 4.98 Å². The highest BCUT2D eigenvalue weighted by Crippen LogP contribution is 2.38. The van der Waals surface area contributed by atoms with Gasteiger partial charge in [0, 0.05) is 39.7 Å². The van der Waals surface area contributed by atoms with Gasteiger partial charge in [-0.05, 0) is 55.3 Å². The van der Waals surface area contributed by atoms with Crippen molar-refractivity contribution in [3.8, 4) is 22.6 Å². The van der Waals surface area contributed by atoms with Gasteiger partial charge in [0.2, 0.25) is 5.91 Å². The molecular formula is C30H26N2O4. The Morgan fingerprint density at radius 3 is 2.50 bits per heavy atom. The highest BCUT2D eigenvalue weighted by atomic mass is 16.5. The summed E-state index contributed by atoms with van der Waals surface area (Å²) in [5.74, 6) is 1.19. The number of pyridine rings is 1. The number of nitrogens with zero attached hydrogens (tertiary/aromatic N) is 1. The van der Waals surface area contributed by atoms with Crippen molar-refractivity contribution in [2.45, 2.75) is 13.8 Å². The standard InChI is InChI=1S/C30H26N2O4/c1-18(13-30(33)32-27-14-19(2)31-26-8-6-5-7-22(26)27)23-15-24-25(17-36-29(24)16-28(23)35-4)20-9-11-21(34-3)12-10-20/h5-17H,1-4H3,(H,31,32,33)/b18-13+. The Labute approximate surface area is 209 Å². The molecular weight excluding hydrogens is 452 g/mol. The molecule has 36 heavy (non-hydrogen) atoms. The number of anilines is 1. The molecule has 0 unspecified atom stereocenters. The van der Waals surface area contributed by atoms with Gasteiger partial charge >= 0.3 is 0 Å². The number of hydrogen-bond donors (Lipinski definition) is 1. The third-order valence-electron chi connectivity index (χ3n) is 6.17. The Kier molecular flexibility index (Phi) is 6.17. The highest BCUT2D eigenvalue weighted by molar-refractivity contribution is 6.09. The summed E-state index contributed by atoms with van der Waals surface area (Å²) in [6.07, 6.45) is 3.32. The van der Waals surface area contributed by atoms with E-state index in [2.05, 4.69) is 10.3 Å². The number of hydrogen-bond acceptors (Lipinski definition) is 5. The second kappa shape index (κ2) is 9.58. The second-order valence-electron chi connectivity index (χ2n) is 8.57. The monoisotopic (exact) mass is 478 g/mol. The molecule has 180 valence electrons. The van der Waals surface area contributed by atoms with Crippen molar-refractivity contribution in [1.29, 1.82) is 0 Å². The van der Waals surface area contributed by atoms with Gasteiger partial charge in [-0.3, -0.25) is 9.78 Å². The van der Waals surface area contributed by atoms with E-state index in [1.807, 2.05) is 80.6 Å². The molecule has 5 aromatic rings. The fourth-order valence-electron chi connectivity index (χ4n) is 4.38. The number of carbonyl (C=O) groups excluding carboxylic acids is 1. The first kappa shape index (κ1) is 23.2. The number of aromatic nitrogens is 1. The van der Waals surface area contributed by atoms with Crippen molar-refractivity contribution < 1.29 is 18.7 Å². The number of allylic oxidation sites excluding steroid dienone is 1. The summed E-state index contributed by atoms with van der Waals surface area (Å²) in [7, 11) is 3.25. The average molecular weight is 479 g/mol. The molecule has 0 aliphatic carbocycles. The van der Waals surface area contributed by atoms with Gasteiger partial charge in [0.05, 0.1) is 31.7 Å². The van der Waals surface area contributed by atoms with Crippen LogP contribution in [0, 0.1) is 6.92 Å². The number of aryl methyl sites for hydroxylation is 1. The Hall–Kier alpha value is -4.58. The molecule has 0 radical (unpaired) electrons. The molecule has 5 rings (SSSR count). The van der Waals surface area contributed by atoms with E-state index >= 15 is 0 Å². The zero-order chi connectivity index (χ0) is 25.2. The van der Waals surface area contributed by atoms with E-state index in [0.717, 1.165) is 55.7 Å². The molecule has 0 saturated heterocycles. The van der Waals surface area contributed by atoms with Crippen molar-refractivity contribution in [3.05, 3.63) is 90.3 Å². The molecule has 2 heterocycles. The van der Waals surface area contributed by atoms with Crippen molar-refractivity contribution in [2.24, 2.45) is 0 Å². The maximum atomic E-state index is 13.0. The molecule has 0 spiro atoms. The maximum absolute atomic E-state index is 13.0. The summed E-state index contributed by atoms with van der Waals surface area (Å²) in [5, 5.41) is 4.84.